The minimum atomic E-state index is 0.370. The fraction of sp³-hybridized carbons (Fsp3) is 0.529. The predicted octanol–water partition coefficient (Wildman–Crippen LogP) is 3.86. The Labute approximate surface area is 120 Å². The molecule has 1 aliphatic rings. The third kappa shape index (κ3) is 2.83. The Kier molecular flexibility index (Phi) is 4.26. The molecule has 0 aliphatic heterocycles. The SMILES string of the molecule is CCCNC(c1cnc2ccccc2n1)C1CCCC1. The van der Waals surface area contributed by atoms with Crippen LogP contribution in [0.25, 0.3) is 11.0 Å². The van der Waals surface area contributed by atoms with E-state index in [2.05, 4.69) is 23.3 Å². The number of rotatable bonds is 5. The van der Waals surface area contributed by atoms with Crippen molar-refractivity contribution in [2.24, 2.45) is 5.92 Å². The standard InChI is InChI=1S/C17H23N3/c1-2-11-18-17(13-7-3-4-8-13)16-12-19-14-9-5-6-10-15(14)20-16/h5-6,9-10,12-13,17-18H,2-4,7-8,11H2,1H3. The van der Waals surface area contributed by atoms with Gasteiger partial charge in [-0.2, -0.15) is 0 Å². The summed E-state index contributed by atoms with van der Waals surface area (Å²) in [6.45, 7) is 3.26. The van der Waals surface area contributed by atoms with Gasteiger partial charge in [-0.25, -0.2) is 4.98 Å². The van der Waals surface area contributed by atoms with Gasteiger partial charge in [0.1, 0.15) is 0 Å². The summed E-state index contributed by atoms with van der Waals surface area (Å²) in [4.78, 5) is 9.43. The lowest BCUT2D eigenvalue weighted by Crippen LogP contribution is -2.28. The van der Waals surface area contributed by atoms with Crippen molar-refractivity contribution >= 4 is 11.0 Å². The highest BCUT2D eigenvalue weighted by Crippen LogP contribution is 2.35. The fourth-order valence-electron chi connectivity index (χ4n) is 3.22. The van der Waals surface area contributed by atoms with Crippen LogP contribution in [-0.2, 0) is 0 Å². The molecule has 0 radical (unpaired) electrons. The first-order chi connectivity index (χ1) is 9.88. The van der Waals surface area contributed by atoms with Gasteiger partial charge in [0.05, 0.1) is 29.0 Å². The lowest BCUT2D eigenvalue weighted by atomic mass is 9.95. The molecule has 0 saturated heterocycles. The van der Waals surface area contributed by atoms with Gasteiger partial charge in [-0.15, -0.1) is 0 Å². The van der Waals surface area contributed by atoms with Gasteiger partial charge >= 0.3 is 0 Å². The molecule has 0 amide bonds. The van der Waals surface area contributed by atoms with Gasteiger partial charge < -0.3 is 5.32 Å². The maximum atomic E-state index is 4.85. The number of aromatic nitrogens is 2. The molecular weight excluding hydrogens is 246 g/mol. The molecule has 1 aromatic carbocycles. The van der Waals surface area contributed by atoms with Gasteiger partial charge in [-0.05, 0) is 43.9 Å². The number of nitrogens with zero attached hydrogens (tertiary/aromatic N) is 2. The molecule has 1 unspecified atom stereocenters. The molecule has 1 aromatic heterocycles. The minimum Gasteiger partial charge on any atom is -0.308 e. The van der Waals surface area contributed by atoms with E-state index in [-0.39, 0.29) is 0 Å². The van der Waals surface area contributed by atoms with E-state index in [4.69, 9.17) is 4.98 Å². The van der Waals surface area contributed by atoms with Crippen LogP contribution in [0, 0.1) is 5.92 Å². The smallest absolute Gasteiger partial charge is 0.0890 e. The van der Waals surface area contributed by atoms with Crippen molar-refractivity contribution in [2.75, 3.05) is 6.54 Å². The third-order valence-electron chi connectivity index (χ3n) is 4.27. The molecule has 0 spiro atoms. The quantitative estimate of drug-likeness (QED) is 0.895. The summed E-state index contributed by atoms with van der Waals surface area (Å²) in [6, 6.07) is 8.49. The van der Waals surface area contributed by atoms with E-state index in [0.717, 1.165) is 35.6 Å². The van der Waals surface area contributed by atoms with Crippen LogP contribution >= 0.6 is 0 Å². The molecule has 1 atom stereocenters. The maximum Gasteiger partial charge on any atom is 0.0890 e. The number of hydrogen-bond acceptors (Lipinski definition) is 3. The molecular formula is C17H23N3. The van der Waals surface area contributed by atoms with E-state index in [0.29, 0.717) is 6.04 Å². The van der Waals surface area contributed by atoms with E-state index in [9.17, 15) is 0 Å². The molecule has 1 fully saturated rings. The zero-order chi connectivity index (χ0) is 13.8. The molecule has 0 bridgehead atoms. The zero-order valence-electron chi connectivity index (χ0n) is 12.2. The minimum absolute atomic E-state index is 0.370. The van der Waals surface area contributed by atoms with E-state index in [1.165, 1.54) is 25.7 Å². The molecule has 1 heterocycles. The maximum absolute atomic E-state index is 4.85. The Morgan fingerprint density at radius 3 is 2.70 bits per heavy atom. The molecule has 3 rings (SSSR count). The third-order valence-corrected chi connectivity index (χ3v) is 4.27. The Bertz CT molecular complexity index is 561. The predicted molar refractivity (Wildman–Crippen MR) is 82.5 cm³/mol. The van der Waals surface area contributed by atoms with E-state index >= 15 is 0 Å². The van der Waals surface area contributed by atoms with Crippen LogP contribution in [0.4, 0.5) is 0 Å². The highest BCUT2D eigenvalue weighted by atomic mass is 15.0. The summed E-state index contributed by atoms with van der Waals surface area (Å²) in [5, 5.41) is 3.69. The van der Waals surface area contributed by atoms with Crippen molar-refractivity contribution in [3.63, 3.8) is 0 Å². The topological polar surface area (TPSA) is 37.8 Å². The van der Waals surface area contributed by atoms with Gasteiger partial charge in [-0.3, -0.25) is 4.98 Å². The Hall–Kier alpha value is -1.48. The van der Waals surface area contributed by atoms with Crippen molar-refractivity contribution in [3.05, 3.63) is 36.2 Å². The van der Waals surface area contributed by atoms with Crippen LogP contribution in [0.3, 0.4) is 0 Å². The second-order valence-electron chi connectivity index (χ2n) is 5.76. The van der Waals surface area contributed by atoms with E-state index < -0.39 is 0 Å². The monoisotopic (exact) mass is 269 g/mol. The van der Waals surface area contributed by atoms with Crippen molar-refractivity contribution in [2.45, 2.75) is 45.1 Å². The summed E-state index contributed by atoms with van der Waals surface area (Å²) in [7, 11) is 0. The number of hydrogen-bond donors (Lipinski definition) is 1. The normalized spacial score (nSPS) is 17.6. The molecule has 106 valence electrons. The summed E-state index contributed by atoms with van der Waals surface area (Å²) < 4.78 is 0. The Morgan fingerprint density at radius 2 is 1.95 bits per heavy atom. The van der Waals surface area contributed by atoms with Gasteiger partial charge in [0.25, 0.3) is 0 Å². The van der Waals surface area contributed by atoms with E-state index in [1.807, 2.05) is 24.4 Å². The number of benzene rings is 1. The first-order valence-corrected chi connectivity index (χ1v) is 7.83. The average Bonchev–Trinajstić information content (AvgIpc) is 3.02. The van der Waals surface area contributed by atoms with Crippen molar-refractivity contribution in [3.8, 4) is 0 Å². The number of para-hydroxylation sites is 2. The van der Waals surface area contributed by atoms with Crippen LogP contribution in [0.2, 0.25) is 0 Å². The second-order valence-corrected chi connectivity index (χ2v) is 5.76. The summed E-state index contributed by atoms with van der Waals surface area (Å²) in [6.07, 6.45) is 8.47. The zero-order valence-corrected chi connectivity index (χ0v) is 12.2. The molecule has 1 aliphatic carbocycles. The highest BCUT2D eigenvalue weighted by molar-refractivity contribution is 5.73. The second kappa shape index (κ2) is 6.31. The molecule has 1 N–H and O–H groups in total. The fourth-order valence-corrected chi connectivity index (χ4v) is 3.22. The molecule has 3 heteroatoms. The summed E-state index contributed by atoms with van der Waals surface area (Å²) >= 11 is 0. The van der Waals surface area contributed by atoms with Crippen LogP contribution in [0.5, 0.6) is 0 Å². The Morgan fingerprint density at radius 1 is 1.20 bits per heavy atom. The summed E-state index contributed by atoms with van der Waals surface area (Å²) in [5.41, 5.74) is 3.10. The van der Waals surface area contributed by atoms with Crippen molar-refractivity contribution in [1.29, 1.82) is 0 Å². The lowest BCUT2D eigenvalue weighted by Gasteiger charge is -2.24. The van der Waals surface area contributed by atoms with Crippen molar-refractivity contribution < 1.29 is 0 Å². The number of nitrogens with one attached hydrogen (secondary N) is 1. The molecule has 20 heavy (non-hydrogen) atoms. The number of fused-ring (bicyclic) bond motifs is 1. The molecule has 3 nitrogen and oxygen atoms in total. The lowest BCUT2D eigenvalue weighted by molar-refractivity contribution is 0.361. The van der Waals surface area contributed by atoms with Gasteiger partial charge in [-0.1, -0.05) is 31.9 Å². The Balaban J connectivity index is 1.90. The highest BCUT2D eigenvalue weighted by Gasteiger charge is 2.27. The average molecular weight is 269 g/mol. The first-order valence-electron chi connectivity index (χ1n) is 7.83. The molecule has 2 aromatic rings. The first kappa shape index (κ1) is 13.5. The van der Waals surface area contributed by atoms with Crippen LogP contribution in [0.1, 0.15) is 50.8 Å². The van der Waals surface area contributed by atoms with Gasteiger partial charge in [0, 0.05) is 0 Å². The van der Waals surface area contributed by atoms with Gasteiger partial charge in [0.15, 0.2) is 0 Å². The largest absolute Gasteiger partial charge is 0.308 e. The summed E-state index contributed by atoms with van der Waals surface area (Å²) in [5.74, 6) is 0.719. The van der Waals surface area contributed by atoms with E-state index in [1.54, 1.807) is 0 Å². The van der Waals surface area contributed by atoms with Crippen molar-refractivity contribution in [1.82, 2.24) is 15.3 Å². The van der Waals surface area contributed by atoms with Crippen LogP contribution < -0.4 is 5.32 Å². The van der Waals surface area contributed by atoms with Crippen LogP contribution in [0.15, 0.2) is 30.5 Å². The van der Waals surface area contributed by atoms with Gasteiger partial charge in [0.2, 0.25) is 0 Å². The van der Waals surface area contributed by atoms with Crippen LogP contribution in [-0.4, -0.2) is 16.5 Å². The molecule has 1 saturated carbocycles.